The van der Waals surface area contributed by atoms with Crippen molar-refractivity contribution in [3.8, 4) is 0 Å². The number of imidazole rings is 1. The van der Waals surface area contributed by atoms with Gasteiger partial charge in [0.1, 0.15) is 5.82 Å². The number of rotatable bonds is 4. The average molecular weight is 286 g/mol. The summed E-state index contributed by atoms with van der Waals surface area (Å²) >= 11 is 0. The van der Waals surface area contributed by atoms with Crippen LogP contribution in [-0.2, 0) is 17.7 Å². The van der Waals surface area contributed by atoms with Crippen molar-refractivity contribution >= 4 is 0 Å². The molecule has 0 unspecified atom stereocenters. The molecule has 1 aliphatic rings. The van der Waals surface area contributed by atoms with Crippen molar-refractivity contribution in [3.63, 3.8) is 0 Å². The number of hydrogen-bond acceptors (Lipinski definition) is 4. The molecular formula is C16H22N4O. The van der Waals surface area contributed by atoms with Crippen LogP contribution < -0.4 is 0 Å². The summed E-state index contributed by atoms with van der Waals surface area (Å²) in [5.74, 6) is 1.50. The molecule has 2 aromatic rings. The summed E-state index contributed by atoms with van der Waals surface area (Å²) in [6.45, 7) is 6.50. The van der Waals surface area contributed by atoms with Crippen molar-refractivity contribution in [2.75, 3.05) is 26.3 Å². The summed E-state index contributed by atoms with van der Waals surface area (Å²) in [6, 6.07) is 4.25. The Morgan fingerprint density at radius 1 is 1.38 bits per heavy atom. The lowest BCUT2D eigenvalue weighted by Crippen LogP contribution is -2.31. The van der Waals surface area contributed by atoms with E-state index in [1.54, 1.807) is 6.20 Å². The average Bonchev–Trinajstić information content (AvgIpc) is 2.89. The third kappa shape index (κ3) is 4.12. The molecule has 0 aliphatic carbocycles. The zero-order valence-corrected chi connectivity index (χ0v) is 12.5. The molecule has 0 spiro atoms. The molecule has 1 fully saturated rings. The first-order chi connectivity index (χ1) is 10.3. The molecule has 0 bridgehead atoms. The first-order valence-electron chi connectivity index (χ1n) is 7.49. The van der Waals surface area contributed by atoms with Gasteiger partial charge in [-0.25, -0.2) is 4.98 Å². The van der Waals surface area contributed by atoms with Gasteiger partial charge in [-0.2, -0.15) is 0 Å². The highest BCUT2D eigenvalue weighted by atomic mass is 16.5. The number of aryl methyl sites for hydroxylation is 1. The van der Waals surface area contributed by atoms with Gasteiger partial charge in [0.15, 0.2) is 0 Å². The van der Waals surface area contributed by atoms with Crippen LogP contribution in [0.4, 0.5) is 0 Å². The Morgan fingerprint density at radius 2 is 2.33 bits per heavy atom. The molecule has 1 atom stereocenters. The van der Waals surface area contributed by atoms with Crippen LogP contribution in [0.5, 0.6) is 0 Å². The quantitative estimate of drug-likeness (QED) is 0.931. The number of aromatic amines is 1. The number of H-pyrrole nitrogens is 1. The van der Waals surface area contributed by atoms with Crippen molar-refractivity contribution < 1.29 is 4.74 Å². The van der Waals surface area contributed by atoms with Crippen molar-refractivity contribution in [1.29, 1.82) is 0 Å². The molecule has 3 rings (SSSR count). The molecule has 3 heterocycles. The Kier molecular flexibility index (Phi) is 4.62. The lowest BCUT2D eigenvalue weighted by molar-refractivity contribution is 0.121. The van der Waals surface area contributed by atoms with E-state index in [0.29, 0.717) is 5.92 Å². The van der Waals surface area contributed by atoms with Gasteiger partial charge in [-0.15, -0.1) is 0 Å². The molecule has 112 valence electrons. The van der Waals surface area contributed by atoms with E-state index in [4.69, 9.17) is 4.74 Å². The standard InChI is InChI=1S/C16H22N4O/c1-13-2-3-15(19-9-13)8-14-10-20(6-7-21-12-14)11-16-17-4-5-18-16/h2-5,9,14H,6-8,10-12H2,1H3,(H,17,18)/t14-/m0/s1. The fraction of sp³-hybridized carbons (Fsp3) is 0.500. The van der Waals surface area contributed by atoms with E-state index < -0.39 is 0 Å². The Morgan fingerprint density at radius 3 is 3.10 bits per heavy atom. The monoisotopic (exact) mass is 286 g/mol. The number of hydrogen-bond donors (Lipinski definition) is 1. The van der Waals surface area contributed by atoms with Gasteiger partial charge >= 0.3 is 0 Å². The van der Waals surface area contributed by atoms with E-state index in [0.717, 1.165) is 50.8 Å². The Hall–Kier alpha value is -1.72. The summed E-state index contributed by atoms with van der Waals surface area (Å²) in [6.07, 6.45) is 6.58. The third-order valence-electron chi connectivity index (χ3n) is 3.82. The summed E-state index contributed by atoms with van der Waals surface area (Å²) in [7, 11) is 0. The Labute approximate surface area is 125 Å². The summed E-state index contributed by atoms with van der Waals surface area (Å²) in [5.41, 5.74) is 2.35. The van der Waals surface area contributed by atoms with E-state index >= 15 is 0 Å². The predicted molar refractivity (Wildman–Crippen MR) is 80.9 cm³/mol. The molecule has 0 amide bonds. The molecule has 2 aromatic heterocycles. The van der Waals surface area contributed by atoms with Gasteiger partial charge < -0.3 is 9.72 Å². The minimum absolute atomic E-state index is 0.484. The first kappa shape index (κ1) is 14.2. The number of ether oxygens (including phenoxy) is 1. The van der Waals surface area contributed by atoms with E-state index in [1.807, 2.05) is 12.4 Å². The van der Waals surface area contributed by atoms with Crippen LogP contribution in [0.15, 0.2) is 30.7 Å². The topological polar surface area (TPSA) is 54.0 Å². The smallest absolute Gasteiger partial charge is 0.120 e. The minimum atomic E-state index is 0.484. The molecular weight excluding hydrogens is 264 g/mol. The zero-order valence-electron chi connectivity index (χ0n) is 12.5. The Bertz CT molecular complexity index is 538. The maximum atomic E-state index is 5.75. The first-order valence-corrected chi connectivity index (χ1v) is 7.49. The molecule has 21 heavy (non-hydrogen) atoms. The maximum absolute atomic E-state index is 5.75. The summed E-state index contributed by atoms with van der Waals surface area (Å²) in [4.78, 5) is 14.4. The zero-order chi connectivity index (χ0) is 14.5. The van der Waals surface area contributed by atoms with Gasteiger partial charge in [0, 0.05) is 43.3 Å². The molecule has 0 saturated carbocycles. The SMILES string of the molecule is Cc1ccc(C[C@@H]2COCCN(Cc3ncc[nH]3)C2)nc1. The van der Waals surface area contributed by atoms with Crippen LogP contribution in [0.2, 0.25) is 0 Å². The van der Waals surface area contributed by atoms with Crippen LogP contribution in [0.3, 0.4) is 0 Å². The van der Waals surface area contributed by atoms with Crippen LogP contribution in [0.25, 0.3) is 0 Å². The third-order valence-corrected chi connectivity index (χ3v) is 3.82. The predicted octanol–water partition coefficient (Wildman–Crippen LogP) is 1.80. The fourth-order valence-electron chi connectivity index (χ4n) is 2.73. The van der Waals surface area contributed by atoms with Crippen LogP contribution >= 0.6 is 0 Å². The van der Waals surface area contributed by atoms with Gasteiger partial charge in [0.25, 0.3) is 0 Å². The molecule has 1 aliphatic heterocycles. The highest BCUT2D eigenvalue weighted by Crippen LogP contribution is 2.14. The number of pyridine rings is 1. The second kappa shape index (κ2) is 6.83. The normalized spacial score (nSPS) is 20.3. The lowest BCUT2D eigenvalue weighted by atomic mass is 10.0. The van der Waals surface area contributed by atoms with Gasteiger partial charge in [0.05, 0.1) is 19.8 Å². The van der Waals surface area contributed by atoms with Crippen LogP contribution in [0.1, 0.15) is 17.1 Å². The molecule has 5 heteroatoms. The van der Waals surface area contributed by atoms with Crippen molar-refractivity contribution in [2.24, 2.45) is 5.92 Å². The van der Waals surface area contributed by atoms with Gasteiger partial charge in [-0.1, -0.05) is 6.07 Å². The van der Waals surface area contributed by atoms with Crippen LogP contribution in [-0.4, -0.2) is 46.2 Å². The second-order valence-electron chi connectivity index (χ2n) is 5.74. The largest absolute Gasteiger partial charge is 0.380 e. The van der Waals surface area contributed by atoms with E-state index in [2.05, 4.69) is 38.9 Å². The molecule has 0 aromatic carbocycles. The maximum Gasteiger partial charge on any atom is 0.120 e. The number of nitrogens with zero attached hydrogens (tertiary/aromatic N) is 3. The van der Waals surface area contributed by atoms with Crippen LogP contribution in [0, 0.1) is 12.8 Å². The highest BCUT2D eigenvalue weighted by molar-refractivity contribution is 5.12. The molecule has 0 radical (unpaired) electrons. The Balaban J connectivity index is 1.60. The van der Waals surface area contributed by atoms with E-state index in [1.165, 1.54) is 5.56 Å². The molecule has 1 N–H and O–H groups in total. The summed E-state index contributed by atoms with van der Waals surface area (Å²) in [5, 5.41) is 0. The van der Waals surface area contributed by atoms with Crippen molar-refractivity contribution in [2.45, 2.75) is 19.9 Å². The number of nitrogens with one attached hydrogen (secondary N) is 1. The fourth-order valence-corrected chi connectivity index (χ4v) is 2.73. The highest BCUT2D eigenvalue weighted by Gasteiger charge is 2.20. The van der Waals surface area contributed by atoms with Crippen molar-refractivity contribution in [1.82, 2.24) is 19.9 Å². The molecule has 5 nitrogen and oxygen atoms in total. The lowest BCUT2D eigenvalue weighted by Gasteiger charge is -2.22. The second-order valence-corrected chi connectivity index (χ2v) is 5.74. The number of aromatic nitrogens is 3. The molecule has 1 saturated heterocycles. The minimum Gasteiger partial charge on any atom is -0.380 e. The van der Waals surface area contributed by atoms with Crippen molar-refractivity contribution in [3.05, 3.63) is 47.8 Å². The van der Waals surface area contributed by atoms with E-state index in [9.17, 15) is 0 Å². The van der Waals surface area contributed by atoms with Gasteiger partial charge in [0.2, 0.25) is 0 Å². The van der Waals surface area contributed by atoms with E-state index in [-0.39, 0.29) is 0 Å². The van der Waals surface area contributed by atoms with Gasteiger partial charge in [-0.3, -0.25) is 9.88 Å². The summed E-state index contributed by atoms with van der Waals surface area (Å²) < 4.78 is 5.75. The van der Waals surface area contributed by atoms with Gasteiger partial charge in [-0.05, 0) is 25.0 Å².